The Morgan fingerprint density at radius 3 is 2.74 bits per heavy atom. The number of likely N-dealkylation sites (tertiary alicyclic amines) is 1. The SMILES string of the molecule is CN1C(=O)CC(NC(=O)C2(C#N)CC23CCCC3)C1c1ccc(Cl)c(F)c1. The normalized spacial score (nSPS) is 31.2. The van der Waals surface area contributed by atoms with Gasteiger partial charge < -0.3 is 10.2 Å². The number of amides is 2. The van der Waals surface area contributed by atoms with Gasteiger partial charge in [0.05, 0.1) is 23.2 Å². The highest BCUT2D eigenvalue weighted by Gasteiger charge is 2.73. The second-order valence-corrected chi connectivity index (χ2v) is 8.50. The van der Waals surface area contributed by atoms with Crippen LogP contribution in [0.1, 0.15) is 50.1 Å². The van der Waals surface area contributed by atoms with Gasteiger partial charge in [0.25, 0.3) is 0 Å². The van der Waals surface area contributed by atoms with Crippen LogP contribution in [-0.4, -0.2) is 29.8 Å². The number of halogens is 2. The van der Waals surface area contributed by atoms with Crippen molar-refractivity contribution in [3.05, 3.63) is 34.6 Å². The van der Waals surface area contributed by atoms with Crippen LogP contribution in [0.4, 0.5) is 4.39 Å². The van der Waals surface area contributed by atoms with Crippen molar-refractivity contribution in [3.63, 3.8) is 0 Å². The molecule has 1 saturated heterocycles. The number of carbonyl (C=O) groups is 2. The van der Waals surface area contributed by atoms with Gasteiger partial charge in [0.1, 0.15) is 11.2 Å². The Kier molecular flexibility index (Phi) is 4.19. The van der Waals surface area contributed by atoms with Crippen molar-refractivity contribution in [1.82, 2.24) is 10.2 Å². The summed E-state index contributed by atoms with van der Waals surface area (Å²) in [5.74, 6) is -0.981. The molecule has 1 aromatic rings. The van der Waals surface area contributed by atoms with Crippen LogP contribution in [0.25, 0.3) is 0 Å². The molecule has 2 saturated carbocycles. The minimum atomic E-state index is -0.983. The van der Waals surface area contributed by atoms with E-state index in [1.165, 1.54) is 17.0 Å². The molecule has 3 aliphatic rings. The highest BCUT2D eigenvalue weighted by molar-refractivity contribution is 6.30. The minimum Gasteiger partial charge on any atom is -0.349 e. The van der Waals surface area contributed by atoms with E-state index >= 15 is 0 Å². The zero-order valence-electron chi connectivity index (χ0n) is 15.1. The summed E-state index contributed by atoms with van der Waals surface area (Å²) >= 11 is 5.77. The quantitative estimate of drug-likeness (QED) is 0.861. The van der Waals surface area contributed by atoms with E-state index in [2.05, 4.69) is 11.4 Å². The fraction of sp³-hybridized carbons (Fsp3) is 0.550. The molecule has 1 spiro atoms. The summed E-state index contributed by atoms with van der Waals surface area (Å²) in [6.07, 6.45) is 4.64. The van der Waals surface area contributed by atoms with Gasteiger partial charge in [-0.15, -0.1) is 0 Å². The van der Waals surface area contributed by atoms with Crippen molar-refractivity contribution < 1.29 is 14.0 Å². The summed E-state index contributed by atoms with van der Waals surface area (Å²) in [7, 11) is 1.64. The Morgan fingerprint density at radius 1 is 1.41 bits per heavy atom. The van der Waals surface area contributed by atoms with Crippen molar-refractivity contribution in [3.8, 4) is 6.07 Å². The smallest absolute Gasteiger partial charge is 0.241 e. The van der Waals surface area contributed by atoms with E-state index in [9.17, 15) is 19.2 Å². The topological polar surface area (TPSA) is 73.2 Å². The molecule has 4 rings (SSSR count). The number of hydrogen-bond donors (Lipinski definition) is 1. The lowest BCUT2D eigenvalue weighted by atomic mass is 9.90. The molecule has 5 nitrogen and oxygen atoms in total. The summed E-state index contributed by atoms with van der Waals surface area (Å²) in [4.78, 5) is 26.8. The van der Waals surface area contributed by atoms with Gasteiger partial charge in [-0.2, -0.15) is 5.26 Å². The molecular formula is C20H21ClFN3O2. The van der Waals surface area contributed by atoms with Crippen LogP contribution in [0.2, 0.25) is 5.02 Å². The lowest BCUT2D eigenvalue weighted by Crippen LogP contribution is -2.43. The molecule has 0 bridgehead atoms. The summed E-state index contributed by atoms with van der Waals surface area (Å²) in [5.41, 5.74) is -0.598. The molecule has 3 unspecified atom stereocenters. The van der Waals surface area contributed by atoms with Gasteiger partial charge >= 0.3 is 0 Å². The van der Waals surface area contributed by atoms with Crippen LogP contribution >= 0.6 is 11.6 Å². The van der Waals surface area contributed by atoms with Crippen LogP contribution in [0.3, 0.4) is 0 Å². The predicted octanol–water partition coefficient (Wildman–Crippen LogP) is 3.34. The van der Waals surface area contributed by atoms with Crippen LogP contribution in [0.5, 0.6) is 0 Å². The lowest BCUT2D eigenvalue weighted by molar-refractivity contribution is -0.127. The fourth-order valence-corrected chi connectivity index (χ4v) is 5.21. The molecule has 3 fully saturated rings. The lowest BCUT2D eigenvalue weighted by Gasteiger charge is -2.27. The first-order chi connectivity index (χ1) is 12.8. The van der Waals surface area contributed by atoms with Crippen molar-refractivity contribution in [2.75, 3.05) is 7.05 Å². The van der Waals surface area contributed by atoms with Gasteiger partial charge in [0, 0.05) is 18.9 Å². The van der Waals surface area contributed by atoms with Crippen molar-refractivity contribution in [2.24, 2.45) is 10.8 Å². The third-order valence-corrected chi connectivity index (χ3v) is 7.02. The first-order valence-electron chi connectivity index (χ1n) is 9.26. The van der Waals surface area contributed by atoms with Crippen molar-refractivity contribution >= 4 is 23.4 Å². The van der Waals surface area contributed by atoms with E-state index in [4.69, 9.17) is 11.6 Å². The molecule has 1 aromatic carbocycles. The second-order valence-electron chi connectivity index (χ2n) is 8.09. The molecule has 142 valence electrons. The van der Waals surface area contributed by atoms with Crippen LogP contribution < -0.4 is 5.32 Å². The Balaban J connectivity index is 1.58. The Bertz CT molecular complexity index is 861. The van der Waals surface area contributed by atoms with Gasteiger partial charge in [-0.25, -0.2) is 4.39 Å². The number of hydrogen-bond acceptors (Lipinski definition) is 3. The van der Waals surface area contributed by atoms with Gasteiger partial charge in [0.2, 0.25) is 11.8 Å². The van der Waals surface area contributed by atoms with Crippen LogP contribution in [-0.2, 0) is 9.59 Å². The molecule has 1 aliphatic heterocycles. The Labute approximate surface area is 162 Å². The highest BCUT2D eigenvalue weighted by atomic mass is 35.5. The fourth-order valence-electron chi connectivity index (χ4n) is 5.09. The summed E-state index contributed by atoms with van der Waals surface area (Å²) in [5, 5.41) is 12.7. The molecule has 2 amide bonds. The number of nitrogens with zero attached hydrogens (tertiary/aromatic N) is 2. The van der Waals surface area contributed by atoms with Gasteiger partial charge in [-0.3, -0.25) is 9.59 Å². The van der Waals surface area contributed by atoms with Gasteiger partial charge in [-0.1, -0.05) is 30.5 Å². The second kappa shape index (κ2) is 6.20. The maximum Gasteiger partial charge on any atom is 0.241 e. The van der Waals surface area contributed by atoms with Crippen molar-refractivity contribution in [2.45, 2.75) is 50.6 Å². The molecule has 2 aliphatic carbocycles. The Morgan fingerprint density at radius 2 is 2.11 bits per heavy atom. The van der Waals surface area contributed by atoms with E-state index in [-0.39, 0.29) is 28.7 Å². The number of nitrogens with one attached hydrogen (secondary N) is 1. The highest BCUT2D eigenvalue weighted by Crippen LogP contribution is 2.71. The van der Waals surface area contributed by atoms with Crippen LogP contribution in [0.15, 0.2) is 18.2 Å². The van der Waals surface area contributed by atoms with E-state index < -0.39 is 23.3 Å². The van der Waals surface area contributed by atoms with Gasteiger partial charge in [0.15, 0.2) is 0 Å². The standard InChI is InChI=1S/C20H21ClFN3O2/c1-25-16(26)9-15(17(25)12-4-5-13(21)14(22)8-12)24-18(27)20(11-23)10-19(20)6-2-3-7-19/h4-5,8,15,17H,2-3,6-7,9-10H2,1H3,(H,24,27). The zero-order valence-corrected chi connectivity index (χ0v) is 15.9. The molecule has 0 aromatic heterocycles. The molecule has 7 heteroatoms. The van der Waals surface area contributed by atoms with Crippen LogP contribution in [0, 0.1) is 28.0 Å². The Hall–Kier alpha value is -2.13. The largest absolute Gasteiger partial charge is 0.349 e. The molecule has 27 heavy (non-hydrogen) atoms. The van der Waals surface area contributed by atoms with Crippen molar-refractivity contribution in [1.29, 1.82) is 5.26 Å². The number of nitriles is 1. The number of carbonyl (C=O) groups excluding carboxylic acids is 2. The first kappa shape index (κ1) is 18.2. The van der Waals surface area contributed by atoms with E-state index in [1.807, 2.05) is 0 Å². The third kappa shape index (κ3) is 2.63. The number of likely N-dealkylation sites (N-methyl/N-ethyl adjacent to an activating group) is 1. The molecule has 1 N–H and O–H groups in total. The monoisotopic (exact) mass is 389 g/mol. The first-order valence-corrected chi connectivity index (χ1v) is 9.64. The molecule has 0 radical (unpaired) electrons. The maximum absolute atomic E-state index is 13.9. The summed E-state index contributed by atoms with van der Waals surface area (Å²) in [6.45, 7) is 0. The summed E-state index contributed by atoms with van der Waals surface area (Å²) in [6, 6.07) is 5.70. The molecule has 3 atom stereocenters. The summed E-state index contributed by atoms with van der Waals surface area (Å²) < 4.78 is 13.9. The van der Waals surface area contributed by atoms with E-state index in [0.29, 0.717) is 12.0 Å². The zero-order chi connectivity index (χ0) is 19.4. The average Bonchev–Trinajstić information content (AvgIpc) is 2.87. The van der Waals surface area contributed by atoms with E-state index in [0.717, 1.165) is 25.7 Å². The predicted molar refractivity (Wildman–Crippen MR) is 97.0 cm³/mol. The third-order valence-electron chi connectivity index (χ3n) is 6.71. The number of rotatable bonds is 3. The molecular weight excluding hydrogens is 369 g/mol. The maximum atomic E-state index is 13.9. The molecule has 1 heterocycles. The van der Waals surface area contributed by atoms with Gasteiger partial charge in [-0.05, 0) is 37.0 Å². The number of benzene rings is 1. The average molecular weight is 390 g/mol. The van der Waals surface area contributed by atoms with E-state index in [1.54, 1.807) is 13.1 Å². The minimum absolute atomic E-state index is 0.0101.